The SMILES string of the molecule is CN1CCc2[nH]nc(C(=O)NCCc3cnc4c(Cl)cnn4c3)c2C1.O=C(O)C(F)(F)F. The van der Waals surface area contributed by atoms with Crippen LogP contribution in [-0.4, -0.2) is 73.0 Å². The van der Waals surface area contributed by atoms with Crippen molar-refractivity contribution < 1.29 is 27.9 Å². The van der Waals surface area contributed by atoms with E-state index < -0.39 is 12.1 Å². The Balaban J connectivity index is 0.000000360. The molecule has 10 nitrogen and oxygen atoms in total. The first-order valence-electron chi connectivity index (χ1n) is 9.37. The number of amides is 1. The lowest BCUT2D eigenvalue weighted by atomic mass is 10.1. The van der Waals surface area contributed by atoms with E-state index in [1.807, 2.05) is 13.2 Å². The van der Waals surface area contributed by atoms with Crippen LogP contribution in [0.5, 0.6) is 0 Å². The van der Waals surface area contributed by atoms with Gasteiger partial charge in [0, 0.05) is 49.7 Å². The van der Waals surface area contributed by atoms with E-state index in [0.29, 0.717) is 29.3 Å². The molecule has 14 heteroatoms. The van der Waals surface area contributed by atoms with Gasteiger partial charge in [0.05, 0.1) is 6.20 Å². The quantitative estimate of drug-likeness (QED) is 0.526. The maximum Gasteiger partial charge on any atom is 0.490 e. The van der Waals surface area contributed by atoms with Gasteiger partial charge in [-0.25, -0.2) is 14.3 Å². The van der Waals surface area contributed by atoms with Gasteiger partial charge in [0.15, 0.2) is 11.3 Å². The smallest absolute Gasteiger partial charge is 0.475 e. The van der Waals surface area contributed by atoms with Gasteiger partial charge in [0.25, 0.3) is 5.91 Å². The summed E-state index contributed by atoms with van der Waals surface area (Å²) in [6, 6.07) is 0. The Morgan fingerprint density at radius 1 is 1.34 bits per heavy atom. The second kappa shape index (κ2) is 9.53. The van der Waals surface area contributed by atoms with Gasteiger partial charge in [0.2, 0.25) is 0 Å². The Morgan fingerprint density at radius 3 is 2.75 bits per heavy atom. The van der Waals surface area contributed by atoms with Crippen LogP contribution in [0, 0.1) is 0 Å². The summed E-state index contributed by atoms with van der Waals surface area (Å²) in [6.45, 7) is 2.22. The van der Waals surface area contributed by atoms with Gasteiger partial charge in [-0.15, -0.1) is 0 Å². The van der Waals surface area contributed by atoms with Crippen molar-refractivity contribution in [2.24, 2.45) is 0 Å². The van der Waals surface area contributed by atoms with Gasteiger partial charge in [-0.1, -0.05) is 11.6 Å². The molecule has 3 aromatic rings. The molecule has 4 heterocycles. The zero-order chi connectivity index (χ0) is 23.5. The molecule has 32 heavy (non-hydrogen) atoms. The molecule has 0 unspecified atom stereocenters. The highest BCUT2D eigenvalue weighted by Crippen LogP contribution is 2.19. The summed E-state index contributed by atoms with van der Waals surface area (Å²) >= 11 is 5.98. The largest absolute Gasteiger partial charge is 0.490 e. The van der Waals surface area contributed by atoms with E-state index in [2.05, 4.69) is 30.5 Å². The predicted octanol–water partition coefficient (Wildman–Crippen LogP) is 1.70. The molecule has 3 N–H and O–H groups in total. The fourth-order valence-corrected chi connectivity index (χ4v) is 3.21. The first kappa shape index (κ1) is 23.5. The summed E-state index contributed by atoms with van der Waals surface area (Å²) in [5.41, 5.74) is 4.15. The molecule has 0 atom stereocenters. The second-order valence-corrected chi connectivity index (χ2v) is 7.46. The van der Waals surface area contributed by atoms with Crippen LogP contribution in [0.1, 0.15) is 27.3 Å². The van der Waals surface area contributed by atoms with Gasteiger partial charge < -0.3 is 15.3 Å². The third kappa shape index (κ3) is 5.53. The Hall–Kier alpha value is -3.19. The average Bonchev–Trinajstić information content (AvgIpc) is 3.31. The normalized spacial score (nSPS) is 13.9. The third-order valence-corrected chi connectivity index (χ3v) is 4.91. The molecule has 0 aromatic carbocycles. The fraction of sp³-hybridized carbons (Fsp3) is 0.389. The number of carboxylic acid groups (broad SMARTS) is 1. The van der Waals surface area contributed by atoms with E-state index in [0.717, 1.165) is 36.3 Å². The van der Waals surface area contributed by atoms with Crippen molar-refractivity contribution in [1.29, 1.82) is 0 Å². The van der Waals surface area contributed by atoms with Crippen molar-refractivity contribution in [2.75, 3.05) is 20.1 Å². The highest BCUT2D eigenvalue weighted by Gasteiger charge is 2.38. The molecular weight excluding hydrogens is 455 g/mol. The molecule has 4 rings (SSSR count). The van der Waals surface area contributed by atoms with Crippen LogP contribution in [0.3, 0.4) is 0 Å². The van der Waals surface area contributed by atoms with Crippen molar-refractivity contribution in [3.8, 4) is 0 Å². The molecule has 0 bridgehead atoms. The molecule has 1 amide bonds. The number of aliphatic carboxylic acids is 1. The number of fused-ring (bicyclic) bond motifs is 2. The van der Waals surface area contributed by atoms with E-state index >= 15 is 0 Å². The van der Waals surface area contributed by atoms with Crippen LogP contribution in [0.15, 0.2) is 18.6 Å². The van der Waals surface area contributed by atoms with Crippen LogP contribution in [-0.2, 0) is 24.2 Å². The lowest BCUT2D eigenvalue weighted by molar-refractivity contribution is -0.192. The molecule has 1 aliphatic rings. The van der Waals surface area contributed by atoms with Crippen molar-refractivity contribution in [2.45, 2.75) is 25.6 Å². The zero-order valence-corrected chi connectivity index (χ0v) is 17.5. The number of rotatable bonds is 4. The summed E-state index contributed by atoms with van der Waals surface area (Å²) in [5.74, 6) is -2.91. The molecule has 3 aromatic heterocycles. The number of halogens is 4. The van der Waals surface area contributed by atoms with Crippen molar-refractivity contribution >= 4 is 29.1 Å². The van der Waals surface area contributed by atoms with Crippen molar-refractivity contribution in [3.05, 3.63) is 46.1 Å². The van der Waals surface area contributed by atoms with Gasteiger partial charge >= 0.3 is 12.1 Å². The summed E-state index contributed by atoms with van der Waals surface area (Å²) in [4.78, 5) is 27.8. The summed E-state index contributed by atoms with van der Waals surface area (Å²) in [5, 5.41) is 21.9. The Labute approximate surface area is 184 Å². The van der Waals surface area contributed by atoms with Gasteiger partial charge in [-0.2, -0.15) is 23.4 Å². The van der Waals surface area contributed by atoms with E-state index in [1.165, 1.54) is 0 Å². The van der Waals surface area contributed by atoms with Gasteiger partial charge in [-0.3, -0.25) is 9.89 Å². The number of likely N-dealkylation sites (N-methyl/N-ethyl adjacent to an activating group) is 1. The monoisotopic (exact) mass is 473 g/mol. The number of hydrogen-bond donors (Lipinski definition) is 3. The lowest BCUT2D eigenvalue weighted by Gasteiger charge is -2.22. The number of carbonyl (C=O) groups is 2. The van der Waals surface area contributed by atoms with E-state index in [-0.39, 0.29) is 5.91 Å². The summed E-state index contributed by atoms with van der Waals surface area (Å²) in [7, 11) is 2.04. The minimum absolute atomic E-state index is 0.149. The number of carbonyl (C=O) groups excluding carboxylic acids is 1. The van der Waals surface area contributed by atoms with E-state index in [4.69, 9.17) is 21.5 Å². The first-order chi connectivity index (χ1) is 15.1. The number of carboxylic acids is 1. The number of hydrogen-bond acceptors (Lipinski definition) is 6. The summed E-state index contributed by atoms with van der Waals surface area (Å²) in [6.07, 6.45) is 1.64. The van der Waals surface area contributed by atoms with Crippen molar-refractivity contribution in [1.82, 2.24) is 35.0 Å². The average molecular weight is 474 g/mol. The van der Waals surface area contributed by atoms with Crippen LogP contribution in [0.25, 0.3) is 5.65 Å². The van der Waals surface area contributed by atoms with E-state index in [9.17, 15) is 18.0 Å². The Bertz CT molecular complexity index is 1130. The number of aromatic amines is 1. The Morgan fingerprint density at radius 2 is 2.06 bits per heavy atom. The second-order valence-electron chi connectivity index (χ2n) is 7.05. The number of nitrogens with zero attached hydrogens (tertiary/aromatic N) is 5. The van der Waals surface area contributed by atoms with Crippen LogP contribution >= 0.6 is 11.6 Å². The molecule has 0 spiro atoms. The summed E-state index contributed by atoms with van der Waals surface area (Å²) < 4.78 is 33.4. The van der Waals surface area contributed by atoms with Crippen LogP contribution < -0.4 is 5.32 Å². The van der Waals surface area contributed by atoms with Gasteiger partial charge in [-0.05, 0) is 19.0 Å². The number of nitrogens with one attached hydrogen (secondary N) is 2. The van der Waals surface area contributed by atoms with Crippen molar-refractivity contribution in [3.63, 3.8) is 0 Å². The lowest BCUT2D eigenvalue weighted by Crippen LogP contribution is -2.30. The third-order valence-electron chi connectivity index (χ3n) is 4.65. The zero-order valence-electron chi connectivity index (χ0n) is 16.8. The molecule has 0 radical (unpaired) electrons. The number of H-pyrrole nitrogens is 1. The van der Waals surface area contributed by atoms with E-state index in [1.54, 1.807) is 16.9 Å². The Kier molecular flexibility index (Phi) is 6.99. The predicted molar refractivity (Wildman–Crippen MR) is 106 cm³/mol. The molecule has 172 valence electrons. The molecule has 0 saturated carbocycles. The standard InChI is InChI=1S/C16H18ClN7O.C2HF3O2/c1-23-5-3-13-11(9-23)14(22-21-13)16(25)18-4-2-10-6-19-15-12(17)7-20-24(15)8-10;3-2(4,5)1(6)7/h6-8H,2-5,9H2,1H3,(H,18,25)(H,21,22);(H,6,7). The minimum atomic E-state index is -5.08. The molecule has 0 fully saturated rings. The molecule has 0 saturated heterocycles. The topological polar surface area (TPSA) is 129 Å². The maximum absolute atomic E-state index is 12.4. The number of alkyl halides is 3. The molecular formula is C18H19ClF3N7O3. The van der Waals surface area contributed by atoms with Gasteiger partial charge in [0.1, 0.15) is 5.02 Å². The van der Waals surface area contributed by atoms with Crippen LogP contribution in [0.2, 0.25) is 5.02 Å². The maximum atomic E-state index is 12.4. The number of aromatic nitrogens is 5. The minimum Gasteiger partial charge on any atom is -0.475 e. The molecule has 1 aliphatic heterocycles. The first-order valence-corrected chi connectivity index (χ1v) is 9.74. The molecule has 0 aliphatic carbocycles. The van der Waals surface area contributed by atoms with Crippen LogP contribution in [0.4, 0.5) is 13.2 Å². The fourth-order valence-electron chi connectivity index (χ4n) is 3.04. The highest BCUT2D eigenvalue weighted by molar-refractivity contribution is 6.33. The highest BCUT2D eigenvalue weighted by atomic mass is 35.5.